The monoisotopic (exact) mass is 397 g/mol. The maximum Gasteiger partial charge on any atom is 0.238 e. The van der Waals surface area contributed by atoms with Crippen molar-refractivity contribution in [2.24, 2.45) is 0 Å². The van der Waals surface area contributed by atoms with Gasteiger partial charge in [-0.1, -0.05) is 23.8 Å². The molecule has 6 heteroatoms. The lowest BCUT2D eigenvalue weighted by molar-refractivity contribution is -0.128. The second kappa shape index (κ2) is 9.46. The van der Waals surface area contributed by atoms with Crippen LogP contribution in [0.25, 0.3) is 0 Å². The molecule has 0 spiro atoms. The Hall–Kier alpha value is -2.31. The molecule has 2 fully saturated rings. The van der Waals surface area contributed by atoms with E-state index in [2.05, 4.69) is 28.8 Å². The van der Waals surface area contributed by atoms with Crippen molar-refractivity contribution in [3.63, 3.8) is 0 Å². The number of amides is 1. The number of carbonyl (C=O) groups excluding carboxylic acids is 1. The fourth-order valence-electron chi connectivity index (χ4n) is 4.23. The molecular formula is C23H31N3O3. The number of benzene rings is 1. The van der Waals surface area contributed by atoms with Crippen molar-refractivity contribution in [3.05, 3.63) is 53.3 Å². The average Bonchev–Trinajstić information content (AvgIpc) is 3.14. The third kappa shape index (κ3) is 5.00. The lowest BCUT2D eigenvalue weighted by atomic mass is 10.0. The van der Waals surface area contributed by atoms with Gasteiger partial charge in [-0.2, -0.15) is 0 Å². The quantitative estimate of drug-likeness (QED) is 0.741. The summed E-state index contributed by atoms with van der Waals surface area (Å²) < 4.78 is 11.4. The van der Waals surface area contributed by atoms with Gasteiger partial charge in [0.1, 0.15) is 18.0 Å². The van der Waals surface area contributed by atoms with Crippen LogP contribution < -0.4 is 15.4 Å². The highest BCUT2D eigenvalue weighted by molar-refractivity contribution is 5.81. The smallest absolute Gasteiger partial charge is 0.238 e. The van der Waals surface area contributed by atoms with Gasteiger partial charge in [0.2, 0.25) is 5.91 Å². The van der Waals surface area contributed by atoms with Gasteiger partial charge in [0.15, 0.2) is 0 Å². The first-order valence-electron chi connectivity index (χ1n) is 10.7. The summed E-state index contributed by atoms with van der Waals surface area (Å²) in [5, 5.41) is 6.71. The molecule has 0 radical (unpaired) electrons. The predicted molar refractivity (Wildman–Crippen MR) is 112 cm³/mol. The van der Waals surface area contributed by atoms with Crippen LogP contribution in [0.4, 0.5) is 0 Å². The topological polar surface area (TPSA) is 62.8 Å². The molecule has 1 unspecified atom stereocenters. The van der Waals surface area contributed by atoms with Crippen molar-refractivity contribution < 1.29 is 14.3 Å². The van der Waals surface area contributed by atoms with E-state index in [0.717, 1.165) is 68.8 Å². The highest BCUT2D eigenvalue weighted by atomic mass is 16.5. The van der Waals surface area contributed by atoms with E-state index in [-0.39, 0.29) is 12.1 Å². The Balaban J connectivity index is 1.36. The van der Waals surface area contributed by atoms with Crippen molar-refractivity contribution >= 4 is 5.91 Å². The number of hydrogen-bond acceptors (Lipinski definition) is 5. The first-order valence-corrected chi connectivity index (χ1v) is 10.7. The van der Waals surface area contributed by atoms with E-state index in [9.17, 15) is 4.79 Å². The average molecular weight is 398 g/mol. The number of carbonyl (C=O) groups is 1. The van der Waals surface area contributed by atoms with Crippen molar-refractivity contribution in [1.29, 1.82) is 0 Å². The molecule has 2 N–H and O–H groups in total. The number of methoxy groups -OCH3 is 1. The van der Waals surface area contributed by atoms with Crippen LogP contribution in [0.15, 0.2) is 47.7 Å². The number of nitrogens with one attached hydrogen (secondary N) is 2. The molecule has 1 atom stereocenters. The Kier molecular flexibility index (Phi) is 6.52. The Bertz CT molecular complexity index is 766. The zero-order chi connectivity index (χ0) is 20.1. The maximum absolute atomic E-state index is 12.4. The summed E-state index contributed by atoms with van der Waals surface area (Å²) in [4.78, 5) is 14.4. The van der Waals surface area contributed by atoms with Crippen LogP contribution in [0.3, 0.4) is 0 Å². The minimum absolute atomic E-state index is 0.0651. The molecule has 29 heavy (non-hydrogen) atoms. The highest BCUT2D eigenvalue weighted by Gasteiger charge is 2.31. The Morgan fingerprint density at radius 3 is 2.59 bits per heavy atom. The van der Waals surface area contributed by atoms with E-state index in [0.29, 0.717) is 12.6 Å². The van der Waals surface area contributed by atoms with Gasteiger partial charge in [-0.3, -0.25) is 10.1 Å². The van der Waals surface area contributed by atoms with Crippen LogP contribution in [0.1, 0.15) is 43.8 Å². The summed E-state index contributed by atoms with van der Waals surface area (Å²) in [6.07, 6.45) is 9.34. The van der Waals surface area contributed by atoms with Crippen molar-refractivity contribution in [2.45, 2.75) is 44.4 Å². The molecule has 1 aromatic carbocycles. The van der Waals surface area contributed by atoms with Gasteiger partial charge in [-0.25, -0.2) is 0 Å². The molecule has 1 aromatic rings. The van der Waals surface area contributed by atoms with Crippen LogP contribution in [0.5, 0.6) is 5.75 Å². The van der Waals surface area contributed by atoms with Gasteiger partial charge in [-0.05, 0) is 62.5 Å². The molecule has 156 valence electrons. The second-order valence-corrected chi connectivity index (χ2v) is 7.92. The van der Waals surface area contributed by atoms with Gasteiger partial charge in [0.25, 0.3) is 0 Å². The summed E-state index contributed by atoms with van der Waals surface area (Å²) in [5.74, 6) is 2.09. The fourth-order valence-corrected chi connectivity index (χ4v) is 4.23. The van der Waals surface area contributed by atoms with Crippen molar-refractivity contribution in [2.75, 3.05) is 33.3 Å². The summed E-state index contributed by atoms with van der Waals surface area (Å²) >= 11 is 0. The number of nitrogens with zero attached hydrogens (tertiary/aromatic N) is 1. The molecule has 0 bridgehead atoms. The van der Waals surface area contributed by atoms with E-state index in [4.69, 9.17) is 9.47 Å². The molecule has 0 aromatic heterocycles. The van der Waals surface area contributed by atoms with Crippen LogP contribution in [0, 0.1) is 0 Å². The number of allylic oxidation sites excluding steroid dienone is 3. The summed E-state index contributed by atoms with van der Waals surface area (Å²) in [7, 11) is 1.71. The van der Waals surface area contributed by atoms with E-state index >= 15 is 0 Å². The predicted octanol–water partition coefficient (Wildman–Crippen LogP) is 2.89. The zero-order valence-corrected chi connectivity index (χ0v) is 17.2. The molecule has 4 rings (SSSR count). The van der Waals surface area contributed by atoms with Crippen LogP contribution in [-0.2, 0) is 9.53 Å². The van der Waals surface area contributed by atoms with Gasteiger partial charge in [0.05, 0.1) is 19.4 Å². The Labute approximate surface area is 172 Å². The number of ether oxygens (including phenoxy) is 2. The van der Waals surface area contributed by atoms with Crippen molar-refractivity contribution in [3.8, 4) is 5.75 Å². The van der Waals surface area contributed by atoms with E-state index < -0.39 is 0 Å². The van der Waals surface area contributed by atoms with Gasteiger partial charge < -0.3 is 19.7 Å². The lowest BCUT2D eigenvalue weighted by Crippen LogP contribution is -2.34. The maximum atomic E-state index is 12.4. The van der Waals surface area contributed by atoms with Gasteiger partial charge in [-0.15, -0.1) is 0 Å². The molecule has 2 heterocycles. The first-order chi connectivity index (χ1) is 14.2. The highest BCUT2D eigenvalue weighted by Crippen LogP contribution is 2.28. The number of rotatable bonds is 7. The Morgan fingerprint density at radius 1 is 1.10 bits per heavy atom. The third-order valence-corrected chi connectivity index (χ3v) is 6.00. The molecule has 1 amide bonds. The fraction of sp³-hybridized carbons (Fsp3) is 0.522. The SMILES string of the molecule is COC1=CC=C(CCN2C(=O)CNC2c2ccc(OC3CCNCC3)cc2)CC1. The van der Waals surface area contributed by atoms with Gasteiger partial charge in [0, 0.05) is 13.0 Å². The normalized spacial score (nSPS) is 23.0. The number of hydrogen-bond donors (Lipinski definition) is 2. The summed E-state index contributed by atoms with van der Waals surface area (Å²) in [5.41, 5.74) is 2.47. The van der Waals surface area contributed by atoms with E-state index in [1.54, 1.807) is 7.11 Å². The second-order valence-electron chi connectivity index (χ2n) is 7.92. The minimum atomic E-state index is -0.0651. The van der Waals surface area contributed by atoms with Crippen molar-refractivity contribution in [1.82, 2.24) is 15.5 Å². The summed E-state index contributed by atoms with van der Waals surface area (Å²) in [6.45, 7) is 3.16. The minimum Gasteiger partial charge on any atom is -0.501 e. The molecule has 0 saturated carbocycles. The lowest BCUT2D eigenvalue weighted by Gasteiger charge is -2.26. The number of piperidine rings is 1. The van der Waals surface area contributed by atoms with Gasteiger partial charge >= 0.3 is 0 Å². The molecule has 2 saturated heterocycles. The largest absolute Gasteiger partial charge is 0.501 e. The van der Waals surface area contributed by atoms with Crippen LogP contribution in [0.2, 0.25) is 0 Å². The molecular weight excluding hydrogens is 366 g/mol. The first kappa shape index (κ1) is 20.0. The standard InChI is InChI=1S/C23H31N3O3/c1-28-19-6-2-17(3-7-19)12-15-26-22(27)16-25-23(26)18-4-8-20(9-5-18)29-21-10-13-24-14-11-21/h2,4-6,8-9,21,23-25H,3,7,10-16H2,1H3. The molecule has 2 aliphatic heterocycles. The third-order valence-electron chi connectivity index (χ3n) is 6.00. The van der Waals surface area contributed by atoms with E-state index in [1.165, 1.54) is 5.57 Å². The molecule has 1 aliphatic carbocycles. The molecule has 6 nitrogen and oxygen atoms in total. The zero-order valence-electron chi connectivity index (χ0n) is 17.2. The van der Waals surface area contributed by atoms with Crippen LogP contribution in [-0.4, -0.2) is 50.2 Å². The summed E-state index contributed by atoms with van der Waals surface area (Å²) in [6, 6.07) is 8.21. The van der Waals surface area contributed by atoms with Crippen LogP contribution >= 0.6 is 0 Å². The Morgan fingerprint density at radius 2 is 1.90 bits per heavy atom. The van der Waals surface area contributed by atoms with E-state index in [1.807, 2.05) is 23.1 Å². The molecule has 3 aliphatic rings.